The number of ether oxygens (including phenoxy) is 1. The summed E-state index contributed by atoms with van der Waals surface area (Å²) in [6.07, 6.45) is -0.178. The van der Waals surface area contributed by atoms with Crippen molar-refractivity contribution < 1.29 is 9.84 Å². The summed E-state index contributed by atoms with van der Waals surface area (Å²) in [5.74, 6) is 6.45. The number of rotatable bonds is 6. The lowest BCUT2D eigenvalue weighted by atomic mass is 10.2. The molecule has 3 rings (SSSR count). The van der Waals surface area contributed by atoms with Crippen LogP contribution in [0.1, 0.15) is 12.0 Å². The monoisotopic (exact) mass is 418 g/mol. The maximum atomic E-state index is 12.9. The maximum absolute atomic E-state index is 12.9. The number of hydrogen-bond acceptors (Lipinski definition) is 6. The van der Waals surface area contributed by atoms with E-state index in [2.05, 4.69) is 17.2 Å². The van der Waals surface area contributed by atoms with Crippen LogP contribution in [0.25, 0.3) is 0 Å². The number of methoxy groups -OCH3 is 1. The number of halogens is 1. The molecule has 1 aromatic carbocycles. The second-order valence-electron chi connectivity index (χ2n) is 6.63. The molecule has 1 atom stereocenters. The van der Waals surface area contributed by atoms with Crippen molar-refractivity contribution >= 4 is 23.1 Å². The van der Waals surface area contributed by atoms with E-state index in [0.29, 0.717) is 29.5 Å². The zero-order valence-corrected chi connectivity index (χ0v) is 17.1. The second kappa shape index (κ2) is 9.18. The number of benzene rings is 1. The molecular weight excluding hydrogens is 396 g/mol. The first-order chi connectivity index (χ1) is 14.0. The maximum Gasteiger partial charge on any atom is 0.332 e. The lowest BCUT2D eigenvalue weighted by molar-refractivity contribution is 0.239. The number of aliphatic hydroxyl groups excluding tert-OH is 1. The number of fused-ring (bicyclic) bond motifs is 1. The van der Waals surface area contributed by atoms with Gasteiger partial charge >= 0.3 is 5.69 Å². The third-order valence-corrected chi connectivity index (χ3v) is 4.90. The van der Waals surface area contributed by atoms with E-state index in [-0.39, 0.29) is 19.8 Å². The van der Waals surface area contributed by atoms with Gasteiger partial charge in [-0.3, -0.25) is 13.9 Å². The summed E-state index contributed by atoms with van der Waals surface area (Å²) in [6.45, 7) is 0.724. The highest BCUT2D eigenvalue weighted by molar-refractivity contribution is 6.30. The van der Waals surface area contributed by atoms with Gasteiger partial charge in [0, 0.05) is 38.9 Å². The average Bonchev–Trinajstić information content (AvgIpc) is 3.07. The summed E-state index contributed by atoms with van der Waals surface area (Å²) in [7, 11) is 3.18. The molecule has 0 fully saturated rings. The van der Waals surface area contributed by atoms with Gasteiger partial charge in [-0.1, -0.05) is 35.6 Å². The van der Waals surface area contributed by atoms with E-state index in [4.69, 9.17) is 21.4 Å². The van der Waals surface area contributed by atoms with Crippen molar-refractivity contribution in [2.45, 2.75) is 25.7 Å². The van der Waals surface area contributed by atoms with E-state index >= 15 is 0 Å². The Labute approximate surface area is 173 Å². The highest BCUT2D eigenvalue weighted by Crippen LogP contribution is 2.31. The summed E-state index contributed by atoms with van der Waals surface area (Å²) in [5, 5.41) is 12.8. The minimum absolute atomic E-state index is 0.103. The van der Waals surface area contributed by atoms with E-state index in [1.807, 2.05) is 17.0 Å². The number of aliphatic hydroxyl groups is 1. The topological polar surface area (TPSA) is 88.7 Å². The quantitative estimate of drug-likeness (QED) is 0.680. The molecule has 154 valence electrons. The first-order valence-corrected chi connectivity index (χ1v) is 9.55. The van der Waals surface area contributed by atoms with Crippen molar-refractivity contribution in [1.82, 2.24) is 9.13 Å². The molecule has 0 amide bonds. The van der Waals surface area contributed by atoms with Gasteiger partial charge in [-0.15, -0.1) is 0 Å². The smallest absolute Gasteiger partial charge is 0.332 e. The fourth-order valence-corrected chi connectivity index (χ4v) is 3.39. The molecule has 29 heavy (non-hydrogen) atoms. The highest BCUT2D eigenvalue weighted by Gasteiger charge is 2.33. The third kappa shape index (κ3) is 4.32. The molecule has 1 unspecified atom stereocenters. The van der Waals surface area contributed by atoms with Crippen LogP contribution in [0.2, 0.25) is 5.02 Å². The molecule has 2 aromatic rings. The Morgan fingerprint density at radius 2 is 2.00 bits per heavy atom. The number of nitrogens with zero attached hydrogens (tertiary/aromatic N) is 3. The van der Waals surface area contributed by atoms with Crippen molar-refractivity contribution in [2.75, 3.05) is 30.5 Å². The predicted molar refractivity (Wildman–Crippen MR) is 112 cm³/mol. The van der Waals surface area contributed by atoms with Crippen molar-refractivity contribution in [3.8, 4) is 11.8 Å². The highest BCUT2D eigenvalue weighted by atomic mass is 35.5. The van der Waals surface area contributed by atoms with Crippen molar-refractivity contribution in [2.24, 2.45) is 7.05 Å². The van der Waals surface area contributed by atoms with Crippen LogP contribution in [0, 0.1) is 11.8 Å². The van der Waals surface area contributed by atoms with E-state index in [1.165, 1.54) is 4.57 Å². The minimum Gasteiger partial charge on any atom is -0.396 e. The van der Waals surface area contributed by atoms with Gasteiger partial charge in [0.15, 0.2) is 6.17 Å². The predicted octanol–water partition coefficient (Wildman–Crippen LogP) is 0.991. The van der Waals surface area contributed by atoms with Gasteiger partial charge in [0.05, 0.1) is 0 Å². The Balaban J connectivity index is 2.08. The average molecular weight is 419 g/mol. The van der Waals surface area contributed by atoms with Crippen molar-refractivity contribution in [1.29, 1.82) is 0 Å². The largest absolute Gasteiger partial charge is 0.396 e. The van der Waals surface area contributed by atoms with Gasteiger partial charge in [0.25, 0.3) is 5.56 Å². The Kier molecular flexibility index (Phi) is 6.64. The Hall–Kier alpha value is -2.73. The number of hydrogen-bond donors (Lipinski definition) is 2. The second-order valence-corrected chi connectivity index (χ2v) is 7.07. The van der Waals surface area contributed by atoms with Gasteiger partial charge in [-0.2, -0.15) is 0 Å². The minimum atomic E-state index is -0.497. The lowest BCUT2D eigenvalue weighted by Gasteiger charge is -2.24. The number of nitrogens with one attached hydrogen (secondary N) is 1. The zero-order valence-electron chi connectivity index (χ0n) is 16.3. The summed E-state index contributed by atoms with van der Waals surface area (Å²) < 4.78 is 7.57. The molecule has 2 heterocycles. The fourth-order valence-electron chi connectivity index (χ4n) is 3.26. The van der Waals surface area contributed by atoms with Crippen LogP contribution in [0.3, 0.4) is 0 Å². The van der Waals surface area contributed by atoms with Crippen LogP contribution >= 0.6 is 11.6 Å². The van der Waals surface area contributed by atoms with Crippen LogP contribution in [0.5, 0.6) is 0 Å². The molecule has 8 nitrogen and oxygen atoms in total. The third-order valence-electron chi connectivity index (χ3n) is 4.64. The Morgan fingerprint density at radius 1 is 1.28 bits per heavy atom. The molecule has 0 radical (unpaired) electrons. The first-order valence-electron chi connectivity index (χ1n) is 9.17. The van der Waals surface area contributed by atoms with E-state index in [9.17, 15) is 9.59 Å². The molecule has 0 saturated heterocycles. The molecular formula is C20H23ClN4O4. The lowest BCUT2D eigenvalue weighted by Crippen LogP contribution is -2.41. The molecule has 9 heteroatoms. The molecule has 0 spiro atoms. The Bertz CT molecular complexity index is 1050. The standard InChI is InChI=1S/C20H23ClN4O4/c1-23-18-17(19(27)24(20(23)28)10-4-11-26)22-16(5-3-12-29-2)25(18)13-14-6-8-15(21)9-7-14/h6-9,16,22,26H,4,10-13H2,1-2H3. The fraction of sp³-hybridized carbons (Fsp3) is 0.400. The summed E-state index contributed by atoms with van der Waals surface area (Å²) in [5.41, 5.74) is 0.416. The normalized spacial score (nSPS) is 14.9. The van der Waals surface area contributed by atoms with Gasteiger partial charge in [0.1, 0.15) is 18.1 Å². The van der Waals surface area contributed by atoms with Gasteiger partial charge in [-0.05, 0) is 24.1 Å². The molecule has 1 aliphatic heterocycles. The molecule has 1 aromatic heterocycles. The van der Waals surface area contributed by atoms with Crippen LogP contribution in [-0.4, -0.2) is 40.7 Å². The molecule has 0 saturated carbocycles. The first kappa shape index (κ1) is 21.0. The van der Waals surface area contributed by atoms with Crippen LogP contribution < -0.4 is 21.5 Å². The van der Waals surface area contributed by atoms with Crippen LogP contribution in [0.15, 0.2) is 33.9 Å². The van der Waals surface area contributed by atoms with E-state index in [0.717, 1.165) is 10.1 Å². The van der Waals surface area contributed by atoms with Gasteiger partial charge < -0.3 is 20.1 Å². The van der Waals surface area contributed by atoms with Gasteiger partial charge in [0.2, 0.25) is 0 Å². The summed E-state index contributed by atoms with van der Waals surface area (Å²) in [4.78, 5) is 27.6. The van der Waals surface area contributed by atoms with E-state index < -0.39 is 17.4 Å². The van der Waals surface area contributed by atoms with E-state index in [1.54, 1.807) is 26.3 Å². The SMILES string of the molecule is COCC#CC1Nc2c(n(C)c(=O)n(CCCO)c2=O)N1Cc1ccc(Cl)cc1. The van der Waals surface area contributed by atoms with Crippen molar-refractivity contribution in [3.63, 3.8) is 0 Å². The zero-order chi connectivity index (χ0) is 21.0. The van der Waals surface area contributed by atoms with Crippen molar-refractivity contribution in [3.05, 3.63) is 55.7 Å². The Morgan fingerprint density at radius 3 is 2.66 bits per heavy atom. The van der Waals surface area contributed by atoms with Crippen LogP contribution in [0.4, 0.5) is 11.5 Å². The molecule has 1 aliphatic rings. The molecule has 0 bridgehead atoms. The van der Waals surface area contributed by atoms with Crippen LogP contribution in [-0.2, 0) is 24.9 Å². The molecule has 0 aliphatic carbocycles. The molecule has 2 N–H and O–H groups in total. The number of aromatic nitrogens is 2. The summed E-state index contributed by atoms with van der Waals surface area (Å²) in [6, 6.07) is 7.36. The van der Waals surface area contributed by atoms with Gasteiger partial charge in [-0.25, -0.2) is 4.79 Å². The number of anilines is 2. The summed E-state index contributed by atoms with van der Waals surface area (Å²) >= 11 is 5.98.